The topological polar surface area (TPSA) is 66.5 Å². The van der Waals surface area contributed by atoms with Crippen LogP contribution in [0.1, 0.15) is 11.1 Å². The lowest BCUT2D eigenvalue weighted by atomic mass is 10.2. The van der Waals surface area contributed by atoms with E-state index < -0.39 is 0 Å². The zero-order valence-electron chi connectivity index (χ0n) is 12.7. The van der Waals surface area contributed by atoms with E-state index in [2.05, 4.69) is 21.7 Å². The Morgan fingerprint density at radius 3 is 2.85 bits per heavy atom. The molecular formula is C14H24N4O2. The second-order valence-corrected chi connectivity index (χ2v) is 4.68. The molecule has 0 fully saturated rings. The number of nitrogens with zero attached hydrogens (tertiary/aromatic N) is 2. The number of aromatic nitrogens is 1. The van der Waals surface area contributed by atoms with Gasteiger partial charge in [0.2, 0.25) is 5.91 Å². The van der Waals surface area contributed by atoms with E-state index in [1.807, 2.05) is 25.1 Å². The quantitative estimate of drug-likeness (QED) is 0.671. The van der Waals surface area contributed by atoms with E-state index in [1.165, 1.54) is 0 Å². The summed E-state index contributed by atoms with van der Waals surface area (Å²) < 4.78 is 4.98. The summed E-state index contributed by atoms with van der Waals surface area (Å²) in [5.41, 5.74) is 2.18. The summed E-state index contributed by atoms with van der Waals surface area (Å²) in [6, 6.07) is 2.09. The fraction of sp³-hybridized carbons (Fsp3) is 0.571. The molecule has 112 valence electrons. The molecule has 0 aliphatic carbocycles. The van der Waals surface area contributed by atoms with Crippen LogP contribution in [0.3, 0.4) is 0 Å². The van der Waals surface area contributed by atoms with E-state index in [0.29, 0.717) is 13.2 Å². The zero-order valence-corrected chi connectivity index (χ0v) is 12.7. The smallest absolute Gasteiger partial charge is 0.239 e. The van der Waals surface area contributed by atoms with Crippen molar-refractivity contribution in [3.8, 4) is 0 Å². The van der Waals surface area contributed by atoms with Gasteiger partial charge in [-0.05, 0) is 24.1 Å². The van der Waals surface area contributed by atoms with Crippen molar-refractivity contribution in [1.82, 2.24) is 15.6 Å². The van der Waals surface area contributed by atoms with Gasteiger partial charge in [0.15, 0.2) is 0 Å². The van der Waals surface area contributed by atoms with E-state index in [4.69, 9.17) is 4.74 Å². The number of likely N-dealkylation sites (N-methyl/N-ethyl adjacent to an activating group) is 2. The van der Waals surface area contributed by atoms with Crippen molar-refractivity contribution in [2.75, 3.05) is 45.8 Å². The Morgan fingerprint density at radius 2 is 2.25 bits per heavy atom. The molecule has 0 spiro atoms. The largest absolute Gasteiger partial charge is 0.383 e. The molecule has 0 bridgehead atoms. The van der Waals surface area contributed by atoms with Crippen molar-refractivity contribution < 1.29 is 9.53 Å². The molecule has 1 rings (SSSR count). The van der Waals surface area contributed by atoms with Crippen LogP contribution in [-0.4, -0.2) is 51.8 Å². The lowest BCUT2D eigenvalue weighted by Gasteiger charge is -2.19. The van der Waals surface area contributed by atoms with Crippen LogP contribution in [0.25, 0.3) is 0 Å². The molecule has 6 heteroatoms. The molecule has 0 saturated carbocycles. The van der Waals surface area contributed by atoms with Crippen molar-refractivity contribution >= 4 is 11.7 Å². The normalized spacial score (nSPS) is 10.4. The minimum Gasteiger partial charge on any atom is -0.383 e. The predicted octanol–water partition coefficient (Wildman–Crippen LogP) is 0.308. The van der Waals surface area contributed by atoms with Gasteiger partial charge in [-0.1, -0.05) is 0 Å². The van der Waals surface area contributed by atoms with Crippen LogP contribution in [0.5, 0.6) is 0 Å². The monoisotopic (exact) mass is 280 g/mol. The van der Waals surface area contributed by atoms with Crippen LogP contribution in [0.4, 0.5) is 5.82 Å². The maximum absolute atomic E-state index is 11.4. The molecule has 0 radical (unpaired) electrons. The van der Waals surface area contributed by atoms with Crippen LogP contribution in [0.15, 0.2) is 12.3 Å². The lowest BCUT2D eigenvalue weighted by Crippen LogP contribution is -2.33. The minimum atomic E-state index is -0.0287. The maximum Gasteiger partial charge on any atom is 0.239 e. The van der Waals surface area contributed by atoms with Crippen LogP contribution in [0, 0.1) is 6.92 Å². The summed E-state index contributed by atoms with van der Waals surface area (Å²) in [4.78, 5) is 17.7. The van der Waals surface area contributed by atoms with Crippen LogP contribution in [-0.2, 0) is 16.1 Å². The molecule has 0 aromatic carbocycles. The number of hydrogen-bond acceptors (Lipinski definition) is 5. The van der Waals surface area contributed by atoms with Gasteiger partial charge in [0.25, 0.3) is 0 Å². The number of rotatable bonds is 8. The highest BCUT2D eigenvalue weighted by Crippen LogP contribution is 2.16. The molecule has 0 aliphatic heterocycles. The van der Waals surface area contributed by atoms with Gasteiger partial charge in [-0.2, -0.15) is 0 Å². The number of hydrogen-bond donors (Lipinski definition) is 2. The molecule has 2 N–H and O–H groups in total. The third-order valence-corrected chi connectivity index (χ3v) is 2.94. The molecule has 1 heterocycles. The Balaban J connectivity index is 2.60. The summed E-state index contributed by atoms with van der Waals surface area (Å²) >= 11 is 0. The Morgan fingerprint density at radius 1 is 1.50 bits per heavy atom. The molecule has 1 aromatic rings. The maximum atomic E-state index is 11.4. The summed E-state index contributed by atoms with van der Waals surface area (Å²) in [7, 11) is 5.18. The first-order valence-electron chi connectivity index (χ1n) is 6.65. The summed E-state index contributed by atoms with van der Waals surface area (Å²) in [6.07, 6.45) is 1.84. The first-order valence-corrected chi connectivity index (χ1v) is 6.65. The van der Waals surface area contributed by atoms with Gasteiger partial charge in [-0.25, -0.2) is 4.98 Å². The summed E-state index contributed by atoms with van der Waals surface area (Å²) in [5, 5.41) is 5.88. The number of ether oxygens (including phenoxy) is 1. The second-order valence-electron chi connectivity index (χ2n) is 4.68. The van der Waals surface area contributed by atoms with Gasteiger partial charge in [0.1, 0.15) is 5.82 Å². The molecular weight excluding hydrogens is 256 g/mol. The van der Waals surface area contributed by atoms with E-state index in [0.717, 1.165) is 30.0 Å². The first kappa shape index (κ1) is 16.4. The van der Waals surface area contributed by atoms with Crippen molar-refractivity contribution in [3.63, 3.8) is 0 Å². The van der Waals surface area contributed by atoms with E-state index in [1.54, 1.807) is 14.2 Å². The number of carbonyl (C=O) groups excluding carboxylic acids is 1. The van der Waals surface area contributed by atoms with Gasteiger partial charge < -0.3 is 20.3 Å². The van der Waals surface area contributed by atoms with Crippen LogP contribution >= 0.6 is 0 Å². The molecule has 6 nitrogen and oxygen atoms in total. The standard InChI is InChI=1S/C14H24N4O2/c1-11-7-12(8-16-5-6-20-4)9-17-14(11)18(3)10-13(19)15-2/h7,9,16H,5-6,8,10H2,1-4H3,(H,15,19). The van der Waals surface area contributed by atoms with Gasteiger partial charge >= 0.3 is 0 Å². The average molecular weight is 280 g/mol. The lowest BCUT2D eigenvalue weighted by molar-refractivity contribution is -0.119. The minimum absolute atomic E-state index is 0.0287. The number of anilines is 1. The zero-order chi connectivity index (χ0) is 15.0. The third-order valence-electron chi connectivity index (χ3n) is 2.94. The molecule has 20 heavy (non-hydrogen) atoms. The van der Waals surface area contributed by atoms with Crippen molar-refractivity contribution in [3.05, 3.63) is 23.4 Å². The fourth-order valence-corrected chi connectivity index (χ4v) is 1.90. The molecule has 1 aromatic heterocycles. The molecule has 0 saturated heterocycles. The van der Waals surface area contributed by atoms with Crippen molar-refractivity contribution in [1.29, 1.82) is 0 Å². The highest BCUT2D eigenvalue weighted by Gasteiger charge is 2.10. The van der Waals surface area contributed by atoms with Gasteiger partial charge in [0, 0.05) is 40.5 Å². The Bertz CT molecular complexity index is 437. The highest BCUT2D eigenvalue weighted by atomic mass is 16.5. The second kappa shape index (κ2) is 8.50. The van der Waals surface area contributed by atoms with E-state index in [9.17, 15) is 4.79 Å². The predicted molar refractivity (Wildman–Crippen MR) is 79.9 cm³/mol. The number of aryl methyl sites for hydroxylation is 1. The van der Waals surface area contributed by atoms with Gasteiger partial charge in [-0.15, -0.1) is 0 Å². The highest BCUT2D eigenvalue weighted by molar-refractivity contribution is 5.80. The van der Waals surface area contributed by atoms with Crippen molar-refractivity contribution in [2.45, 2.75) is 13.5 Å². The van der Waals surface area contributed by atoms with Gasteiger partial charge in [-0.3, -0.25) is 4.79 Å². The number of carbonyl (C=O) groups is 1. The SMILES string of the molecule is CNC(=O)CN(C)c1ncc(CNCCOC)cc1C. The van der Waals surface area contributed by atoms with E-state index >= 15 is 0 Å². The van der Waals surface area contributed by atoms with Crippen LogP contribution < -0.4 is 15.5 Å². The number of pyridine rings is 1. The number of nitrogens with one attached hydrogen (secondary N) is 2. The molecule has 1 amide bonds. The Labute approximate surface area is 120 Å². The first-order chi connectivity index (χ1) is 9.58. The summed E-state index contributed by atoms with van der Waals surface area (Å²) in [6.45, 7) is 4.57. The Kier molecular flexibility index (Phi) is 6.97. The molecule has 0 atom stereocenters. The summed E-state index contributed by atoms with van der Waals surface area (Å²) in [5.74, 6) is 0.799. The number of methoxy groups -OCH3 is 1. The van der Waals surface area contributed by atoms with Crippen molar-refractivity contribution in [2.24, 2.45) is 0 Å². The molecule has 0 aliphatic rings. The fourth-order valence-electron chi connectivity index (χ4n) is 1.90. The number of amides is 1. The third kappa shape index (κ3) is 5.14. The van der Waals surface area contributed by atoms with Gasteiger partial charge in [0.05, 0.1) is 13.2 Å². The van der Waals surface area contributed by atoms with Crippen LogP contribution in [0.2, 0.25) is 0 Å². The van der Waals surface area contributed by atoms with E-state index in [-0.39, 0.29) is 5.91 Å². The Hall–Kier alpha value is -1.66. The average Bonchev–Trinajstić information content (AvgIpc) is 2.43. The molecule has 0 unspecified atom stereocenters.